The summed E-state index contributed by atoms with van der Waals surface area (Å²) in [7, 11) is 13.1. The fourth-order valence-corrected chi connectivity index (χ4v) is 3.28. The molecule has 0 fully saturated rings. The highest BCUT2D eigenvalue weighted by atomic mass is 16.1. The third kappa shape index (κ3) is 35.6. The Morgan fingerprint density at radius 1 is 0.308 bits per heavy atom. The summed E-state index contributed by atoms with van der Waals surface area (Å²) in [6.45, 7) is 0. The molecule has 52 heavy (non-hydrogen) atoms. The van der Waals surface area contributed by atoms with Crippen LogP contribution in [0.5, 0.6) is 0 Å². The van der Waals surface area contributed by atoms with Gasteiger partial charge in [-0.3, -0.25) is 24.8 Å². The molecule has 0 heterocycles. The summed E-state index contributed by atoms with van der Waals surface area (Å²) >= 11 is 0. The average molecular weight is 707 g/mol. The highest BCUT2D eigenvalue weighted by Crippen LogP contribution is 1.95. The van der Waals surface area contributed by atoms with Crippen molar-refractivity contribution in [1.82, 2.24) is 0 Å². The molecule has 0 aliphatic heterocycles. The van der Waals surface area contributed by atoms with Crippen LogP contribution in [0.4, 0.5) is 0 Å². The van der Waals surface area contributed by atoms with Gasteiger partial charge < -0.3 is 22.9 Å². The van der Waals surface area contributed by atoms with Crippen LogP contribution < -0.4 is 22.9 Å². The SMILES string of the molecule is CN.CN.CN.CN.CN=Cc1ccccc1.CN=Cc1ccccc1.CN=Cc1ccccc1.CN=Cc1ccccc1.O=Cc1ccccc1. The summed E-state index contributed by atoms with van der Waals surface area (Å²) in [6.07, 6.45) is 8.17. The van der Waals surface area contributed by atoms with E-state index in [1.54, 1.807) is 40.3 Å². The molecule has 0 saturated carbocycles. The molecule has 0 unspecified atom stereocenters. The molecule has 0 bridgehead atoms. The van der Waals surface area contributed by atoms with Crippen molar-refractivity contribution in [2.45, 2.75) is 0 Å². The van der Waals surface area contributed by atoms with Crippen LogP contribution in [0.2, 0.25) is 0 Å². The molecule has 9 heteroatoms. The Hall–Kier alpha value is -5.71. The molecule has 0 amide bonds. The molecule has 5 aromatic rings. The standard InChI is InChI=1S/4C8H9N.C7H6O.4CH5N/c4*1-9-7-8-5-3-2-4-6-8;8-6-7-4-2-1-3-5-7;4*1-2/h4*2-7H,1H3;1-6H;4*2H2,1H3. The van der Waals surface area contributed by atoms with Crippen molar-refractivity contribution in [3.05, 3.63) is 179 Å². The van der Waals surface area contributed by atoms with Gasteiger partial charge in [0.2, 0.25) is 0 Å². The molecule has 5 aromatic carbocycles. The minimum absolute atomic E-state index is 0.729. The Balaban J connectivity index is -0.000000264. The summed E-state index contributed by atoms with van der Waals surface area (Å²) in [6, 6.07) is 49.2. The molecular formula is C43H62N8O. The van der Waals surface area contributed by atoms with E-state index in [1.165, 1.54) is 28.2 Å². The van der Waals surface area contributed by atoms with Gasteiger partial charge in [-0.2, -0.15) is 0 Å². The van der Waals surface area contributed by atoms with Gasteiger partial charge in [-0.25, -0.2) is 0 Å². The van der Waals surface area contributed by atoms with E-state index in [9.17, 15) is 4.79 Å². The lowest BCUT2D eigenvalue weighted by atomic mass is 10.2. The summed E-state index contributed by atoms with van der Waals surface area (Å²) in [5, 5.41) is 0. The highest BCUT2D eigenvalue weighted by molar-refractivity contribution is 5.80. The Morgan fingerprint density at radius 3 is 0.577 bits per heavy atom. The molecule has 0 atom stereocenters. The maximum absolute atomic E-state index is 10.0. The van der Waals surface area contributed by atoms with Gasteiger partial charge in [0.1, 0.15) is 6.29 Å². The second-order valence-corrected chi connectivity index (χ2v) is 8.72. The zero-order valence-electron chi connectivity index (χ0n) is 32.3. The van der Waals surface area contributed by atoms with Crippen LogP contribution in [0.3, 0.4) is 0 Å². The Morgan fingerprint density at radius 2 is 0.462 bits per heavy atom. The van der Waals surface area contributed by atoms with Crippen molar-refractivity contribution in [1.29, 1.82) is 0 Å². The van der Waals surface area contributed by atoms with Gasteiger partial charge in [-0.1, -0.05) is 152 Å². The molecule has 9 nitrogen and oxygen atoms in total. The second-order valence-electron chi connectivity index (χ2n) is 8.72. The van der Waals surface area contributed by atoms with Gasteiger partial charge >= 0.3 is 0 Å². The molecule has 0 aliphatic rings. The molecule has 0 aliphatic carbocycles. The van der Waals surface area contributed by atoms with E-state index >= 15 is 0 Å². The highest BCUT2D eigenvalue weighted by Gasteiger charge is 1.82. The van der Waals surface area contributed by atoms with Gasteiger partial charge in [0.15, 0.2) is 0 Å². The maximum atomic E-state index is 10.0. The predicted molar refractivity (Wildman–Crippen MR) is 232 cm³/mol. The van der Waals surface area contributed by atoms with Crippen LogP contribution in [-0.2, 0) is 0 Å². The molecular weight excluding hydrogens is 645 g/mol. The fraction of sp³-hybridized carbons (Fsp3) is 0.186. The van der Waals surface area contributed by atoms with Crippen molar-refractivity contribution < 1.29 is 4.79 Å². The minimum Gasteiger partial charge on any atom is -0.333 e. The lowest BCUT2D eigenvalue weighted by molar-refractivity contribution is 0.112. The monoisotopic (exact) mass is 707 g/mol. The third-order valence-corrected chi connectivity index (χ3v) is 5.25. The van der Waals surface area contributed by atoms with Crippen molar-refractivity contribution in [2.24, 2.45) is 42.9 Å². The van der Waals surface area contributed by atoms with E-state index < -0.39 is 0 Å². The first-order chi connectivity index (χ1) is 25.7. The Kier molecular flexibility index (Phi) is 48.4. The van der Waals surface area contributed by atoms with E-state index in [0.717, 1.165) is 34.1 Å². The van der Waals surface area contributed by atoms with Gasteiger partial charge in [-0.15, -0.1) is 0 Å². The zero-order valence-corrected chi connectivity index (χ0v) is 32.3. The molecule has 0 spiro atoms. The fourth-order valence-electron chi connectivity index (χ4n) is 3.28. The zero-order chi connectivity index (χ0) is 39.9. The number of rotatable bonds is 5. The number of nitrogens with two attached hydrogens (primary N) is 4. The van der Waals surface area contributed by atoms with Crippen LogP contribution in [0.25, 0.3) is 0 Å². The van der Waals surface area contributed by atoms with Crippen LogP contribution in [0.15, 0.2) is 172 Å². The van der Waals surface area contributed by atoms with Gasteiger partial charge in [0.25, 0.3) is 0 Å². The van der Waals surface area contributed by atoms with E-state index in [4.69, 9.17) is 0 Å². The first-order valence-corrected chi connectivity index (χ1v) is 16.4. The van der Waals surface area contributed by atoms with Crippen molar-refractivity contribution >= 4 is 31.1 Å². The van der Waals surface area contributed by atoms with E-state index in [0.29, 0.717) is 0 Å². The molecule has 5 rings (SSSR count). The smallest absolute Gasteiger partial charge is 0.150 e. The Bertz CT molecular complexity index is 1290. The first-order valence-electron chi connectivity index (χ1n) is 16.4. The average Bonchev–Trinajstić information content (AvgIpc) is 3.24. The molecule has 0 saturated heterocycles. The summed E-state index contributed by atoms with van der Waals surface area (Å²) in [5.74, 6) is 0. The van der Waals surface area contributed by atoms with Crippen molar-refractivity contribution in [2.75, 3.05) is 56.4 Å². The topological polar surface area (TPSA) is 171 Å². The lowest BCUT2D eigenvalue weighted by Gasteiger charge is -1.86. The molecule has 280 valence electrons. The predicted octanol–water partition coefficient (Wildman–Crippen LogP) is 6.74. The minimum atomic E-state index is 0.729. The van der Waals surface area contributed by atoms with Gasteiger partial charge in [0, 0.05) is 58.6 Å². The summed E-state index contributed by atoms with van der Waals surface area (Å²) in [5.41, 5.74) is 23.3. The molecule has 0 aromatic heterocycles. The quantitative estimate of drug-likeness (QED) is 0.117. The van der Waals surface area contributed by atoms with E-state index in [1.807, 2.05) is 164 Å². The third-order valence-electron chi connectivity index (χ3n) is 5.25. The normalized spacial score (nSPS) is 8.92. The number of hydrogen-bond donors (Lipinski definition) is 4. The number of carbonyl (C=O) groups is 1. The lowest BCUT2D eigenvalue weighted by Crippen LogP contribution is -1.75. The number of nitrogens with zero attached hydrogens (tertiary/aromatic N) is 4. The van der Waals surface area contributed by atoms with E-state index in [2.05, 4.69) is 42.9 Å². The van der Waals surface area contributed by atoms with Crippen LogP contribution >= 0.6 is 0 Å². The van der Waals surface area contributed by atoms with Gasteiger partial charge in [-0.05, 0) is 50.4 Å². The van der Waals surface area contributed by atoms with Crippen molar-refractivity contribution in [3.63, 3.8) is 0 Å². The number of aldehydes is 1. The molecule has 8 N–H and O–H groups in total. The van der Waals surface area contributed by atoms with Crippen LogP contribution in [0.1, 0.15) is 32.6 Å². The summed E-state index contributed by atoms with van der Waals surface area (Å²) < 4.78 is 0. The van der Waals surface area contributed by atoms with Crippen LogP contribution in [-0.4, -0.2) is 87.5 Å². The second kappa shape index (κ2) is 47.4. The first kappa shape index (κ1) is 53.1. The number of aliphatic imine (C=N–C) groups is 4. The Labute approximate surface area is 314 Å². The number of carbonyl (C=O) groups excluding carboxylic acids is 1. The maximum Gasteiger partial charge on any atom is 0.150 e. The molecule has 0 radical (unpaired) electrons. The van der Waals surface area contributed by atoms with Gasteiger partial charge in [0.05, 0.1) is 0 Å². The summed E-state index contributed by atoms with van der Waals surface area (Å²) in [4.78, 5) is 25.5. The van der Waals surface area contributed by atoms with E-state index in [-0.39, 0.29) is 0 Å². The van der Waals surface area contributed by atoms with Crippen LogP contribution in [0, 0.1) is 0 Å². The largest absolute Gasteiger partial charge is 0.333 e. The number of benzene rings is 5. The number of hydrogen-bond acceptors (Lipinski definition) is 9. The van der Waals surface area contributed by atoms with Crippen molar-refractivity contribution in [3.8, 4) is 0 Å².